The third-order valence-corrected chi connectivity index (χ3v) is 3.44. The molecule has 0 amide bonds. The summed E-state index contributed by atoms with van der Waals surface area (Å²) >= 11 is 1.77. The molecule has 4 nitrogen and oxygen atoms in total. The molecule has 0 saturated heterocycles. The Bertz CT molecular complexity index is 231. The number of rotatable bonds is 9. The maximum atomic E-state index is 10.7. The quantitative estimate of drug-likeness (QED) is 0.472. The summed E-state index contributed by atoms with van der Waals surface area (Å²) in [5, 5.41) is 0.213. The van der Waals surface area contributed by atoms with Crippen molar-refractivity contribution < 1.29 is 19.1 Å². The van der Waals surface area contributed by atoms with E-state index in [0.29, 0.717) is 13.2 Å². The normalized spacial score (nSPS) is 11.9. The number of hydrogen-bond donors (Lipinski definition) is 0. The molecule has 0 saturated carbocycles. The topological polar surface area (TPSA) is 52.6 Å². The van der Waals surface area contributed by atoms with Gasteiger partial charge in [0.2, 0.25) is 0 Å². The smallest absolute Gasteiger partial charge is 0.302 e. The molecular weight excluding hydrogens is 240 g/mol. The van der Waals surface area contributed by atoms with Gasteiger partial charge in [0.1, 0.15) is 6.61 Å². The molecule has 5 heteroatoms. The number of thioether (sulfide) groups is 1. The lowest BCUT2D eigenvalue weighted by Crippen LogP contribution is -2.18. The van der Waals surface area contributed by atoms with Crippen LogP contribution in [0.1, 0.15) is 40.0 Å². The summed E-state index contributed by atoms with van der Waals surface area (Å²) in [4.78, 5) is 21.4. The van der Waals surface area contributed by atoms with E-state index in [9.17, 15) is 9.59 Å². The highest BCUT2D eigenvalue weighted by molar-refractivity contribution is 7.99. The molecule has 0 spiro atoms. The molecule has 0 rings (SSSR count). The SMILES string of the molecule is CCCCSC(CCOC(C)=O)COC(C)=O. The lowest BCUT2D eigenvalue weighted by Gasteiger charge is -2.15. The third kappa shape index (κ3) is 11.6. The van der Waals surface area contributed by atoms with Gasteiger partial charge in [-0.05, 0) is 18.6 Å². The van der Waals surface area contributed by atoms with Gasteiger partial charge >= 0.3 is 11.9 Å². The van der Waals surface area contributed by atoms with E-state index in [1.807, 2.05) is 0 Å². The van der Waals surface area contributed by atoms with E-state index in [-0.39, 0.29) is 17.2 Å². The highest BCUT2D eigenvalue weighted by Crippen LogP contribution is 2.17. The van der Waals surface area contributed by atoms with Gasteiger partial charge < -0.3 is 9.47 Å². The summed E-state index contributed by atoms with van der Waals surface area (Å²) < 4.78 is 9.88. The van der Waals surface area contributed by atoms with Crippen LogP contribution in [0.25, 0.3) is 0 Å². The Kier molecular flexibility index (Phi) is 10.0. The van der Waals surface area contributed by atoms with E-state index in [1.54, 1.807) is 11.8 Å². The maximum Gasteiger partial charge on any atom is 0.302 e. The number of ether oxygens (including phenoxy) is 2. The molecule has 1 unspecified atom stereocenters. The van der Waals surface area contributed by atoms with Gasteiger partial charge in [-0.15, -0.1) is 0 Å². The molecule has 0 aromatic heterocycles. The molecule has 0 aromatic carbocycles. The molecule has 100 valence electrons. The van der Waals surface area contributed by atoms with E-state index in [0.717, 1.165) is 25.0 Å². The average Bonchev–Trinajstić information content (AvgIpc) is 2.24. The Morgan fingerprint density at radius 3 is 2.35 bits per heavy atom. The summed E-state index contributed by atoms with van der Waals surface area (Å²) in [6, 6.07) is 0. The van der Waals surface area contributed by atoms with Crippen molar-refractivity contribution in [2.24, 2.45) is 0 Å². The molecule has 0 aliphatic heterocycles. The summed E-state index contributed by atoms with van der Waals surface area (Å²) in [6.07, 6.45) is 3.02. The van der Waals surface area contributed by atoms with E-state index >= 15 is 0 Å². The van der Waals surface area contributed by atoms with Gasteiger partial charge in [-0.3, -0.25) is 9.59 Å². The molecule has 0 aliphatic rings. The minimum absolute atomic E-state index is 0.213. The van der Waals surface area contributed by atoms with E-state index < -0.39 is 0 Å². The second-order valence-corrected chi connectivity index (χ2v) is 5.19. The summed E-state index contributed by atoms with van der Waals surface area (Å²) in [6.45, 7) is 5.72. The minimum atomic E-state index is -0.269. The fourth-order valence-corrected chi connectivity index (χ4v) is 2.37. The highest BCUT2D eigenvalue weighted by Gasteiger charge is 2.11. The molecule has 0 N–H and O–H groups in total. The predicted octanol–water partition coefficient (Wildman–Crippen LogP) is 2.40. The Balaban J connectivity index is 3.83. The first-order valence-electron chi connectivity index (χ1n) is 5.94. The van der Waals surface area contributed by atoms with Crippen molar-refractivity contribution in [3.63, 3.8) is 0 Å². The fraction of sp³-hybridized carbons (Fsp3) is 0.833. The van der Waals surface area contributed by atoms with Gasteiger partial charge in [0, 0.05) is 19.1 Å². The first-order valence-corrected chi connectivity index (χ1v) is 6.99. The van der Waals surface area contributed by atoms with Gasteiger partial charge in [-0.2, -0.15) is 11.8 Å². The number of hydrogen-bond acceptors (Lipinski definition) is 5. The van der Waals surface area contributed by atoms with Gasteiger partial charge in [-0.1, -0.05) is 13.3 Å². The van der Waals surface area contributed by atoms with Crippen LogP contribution < -0.4 is 0 Å². The highest BCUT2D eigenvalue weighted by atomic mass is 32.2. The monoisotopic (exact) mass is 262 g/mol. The molecule has 0 radical (unpaired) electrons. The average molecular weight is 262 g/mol. The molecule has 0 fully saturated rings. The van der Waals surface area contributed by atoms with Crippen LogP contribution in [-0.4, -0.2) is 36.2 Å². The zero-order chi connectivity index (χ0) is 13.1. The number of carbonyl (C=O) groups excluding carboxylic acids is 2. The Morgan fingerprint density at radius 1 is 1.18 bits per heavy atom. The van der Waals surface area contributed by atoms with Gasteiger partial charge in [0.15, 0.2) is 0 Å². The maximum absolute atomic E-state index is 10.7. The zero-order valence-corrected chi connectivity index (χ0v) is 11.7. The predicted molar refractivity (Wildman–Crippen MR) is 69.0 cm³/mol. The third-order valence-electron chi connectivity index (χ3n) is 2.07. The van der Waals surface area contributed by atoms with Crippen LogP contribution >= 0.6 is 11.8 Å². The van der Waals surface area contributed by atoms with Crippen LogP contribution in [0, 0.1) is 0 Å². The molecule has 0 heterocycles. The molecule has 1 atom stereocenters. The first-order chi connectivity index (χ1) is 8.06. The standard InChI is InChI=1S/C12H22O4S/c1-4-5-8-17-12(9-16-11(3)14)6-7-15-10(2)13/h12H,4-9H2,1-3H3. The number of esters is 2. The molecular formula is C12H22O4S. The van der Waals surface area contributed by atoms with Crippen LogP contribution in [0.5, 0.6) is 0 Å². The van der Waals surface area contributed by atoms with Crippen molar-refractivity contribution in [2.45, 2.75) is 45.3 Å². The van der Waals surface area contributed by atoms with Crippen LogP contribution in [0.15, 0.2) is 0 Å². The Hall–Kier alpha value is -0.710. The van der Waals surface area contributed by atoms with Gasteiger partial charge in [-0.25, -0.2) is 0 Å². The van der Waals surface area contributed by atoms with Crippen molar-refractivity contribution >= 4 is 23.7 Å². The molecule has 0 aromatic rings. The number of unbranched alkanes of at least 4 members (excludes halogenated alkanes) is 1. The molecule has 0 aliphatic carbocycles. The summed E-state index contributed by atoms with van der Waals surface area (Å²) in [7, 11) is 0. The summed E-state index contributed by atoms with van der Waals surface area (Å²) in [5.74, 6) is 0.510. The van der Waals surface area contributed by atoms with Gasteiger partial charge in [0.05, 0.1) is 6.61 Å². The fourth-order valence-electron chi connectivity index (χ4n) is 1.15. The van der Waals surface area contributed by atoms with Crippen LogP contribution in [0.2, 0.25) is 0 Å². The molecule has 17 heavy (non-hydrogen) atoms. The Labute approximate surface area is 107 Å². The van der Waals surface area contributed by atoms with Crippen molar-refractivity contribution in [3.05, 3.63) is 0 Å². The zero-order valence-electron chi connectivity index (χ0n) is 10.9. The van der Waals surface area contributed by atoms with Crippen molar-refractivity contribution in [1.29, 1.82) is 0 Å². The van der Waals surface area contributed by atoms with Crippen LogP contribution in [0.4, 0.5) is 0 Å². The van der Waals surface area contributed by atoms with E-state index in [1.165, 1.54) is 13.8 Å². The van der Waals surface area contributed by atoms with Crippen molar-refractivity contribution in [3.8, 4) is 0 Å². The second kappa shape index (κ2) is 10.4. The van der Waals surface area contributed by atoms with Crippen molar-refractivity contribution in [2.75, 3.05) is 19.0 Å². The van der Waals surface area contributed by atoms with Crippen LogP contribution in [0.3, 0.4) is 0 Å². The summed E-state index contributed by atoms with van der Waals surface area (Å²) in [5.41, 5.74) is 0. The molecule has 0 bridgehead atoms. The van der Waals surface area contributed by atoms with E-state index in [4.69, 9.17) is 9.47 Å². The lowest BCUT2D eigenvalue weighted by atomic mass is 10.3. The van der Waals surface area contributed by atoms with Crippen molar-refractivity contribution in [1.82, 2.24) is 0 Å². The van der Waals surface area contributed by atoms with Crippen LogP contribution in [-0.2, 0) is 19.1 Å². The second-order valence-electron chi connectivity index (χ2n) is 3.78. The van der Waals surface area contributed by atoms with E-state index in [2.05, 4.69) is 6.92 Å². The van der Waals surface area contributed by atoms with Gasteiger partial charge in [0.25, 0.3) is 0 Å². The minimum Gasteiger partial charge on any atom is -0.466 e. The first kappa shape index (κ1) is 16.3. The number of carbonyl (C=O) groups is 2. The lowest BCUT2D eigenvalue weighted by molar-refractivity contribution is -0.143. The Morgan fingerprint density at radius 2 is 1.82 bits per heavy atom. The largest absolute Gasteiger partial charge is 0.466 e.